The van der Waals surface area contributed by atoms with Crippen LogP contribution in [0.4, 0.5) is 0 Å². The molecule has 3 rings (SSSR count). The van der Waals surface area contributed by atoms with Crippen LogP contribution < -0.4 is 27.0 Å². The van der Waals surface area contributed by atoms with E-state index in [4.69, 9.17) is 5.73 Å². The minimum atomic E-state index is -1.14. The first kappa shape index (κ1) is 37.6. The normalized spacial score (nSPS) is 14.1. The largest absolute Gasteiger partial charge is 0.508 e. The highest BCUT2D eigenvalue weighted by Gasteiger charge is 2.33. The van der Waals surface area contributed by atoms with Crippen molar-refractivity contribution in [2.75, 3.05) is 12.0 Å². The molecule has 260 valence electrons. The Hall–Kier alpha value is -4.86. The maximum absolute atomic E-state index is 13.8. The molecule has 0 aliphatic rings. The van der Waals surface area contributed by atoms with Crippen molar-refractivity contribution in [2.24, 2.45) is 11.7 Å². The van der Waals surface area contributed by atoms with Gasteiger partial charge in [0.1, 0.15) is 29.9 Å². The van der Waals surface area contributed by atoms with E-state index in [1.807, 2.05) is 20.1 Å². The number of phenols is 1. The highest BCUT2D eigenvalue weighted by Crippen LogP contribution is 2.13. The highest BCUT2D eigenvalue weighted by molar-refractivity contribution is 7.98. The Morgan fingerprint density at radius 2 is 1.42 bits per heavy atom. The maximum atomic E-state index is 13.8. The molecule has 5 atom stereocenters. The Labute approximate surface area is 283 Å². The number of primary amides is 1. The van der Waals surface area contributed by atoms with Gasteiger partial charge in [-0.05, 0) is 48.5 Å². The number of aromatic hydroxyl groups is 1. The van der Waals surface area contributed by atoms with Crippen molar-refractivity contribution in [3.8, 4) is 5.75 Å². The summed E-state index contributed by atoms with van der Waals surface area (Å²) in [4.78, 5) is 79.7. The average molecular weight is 684 g/mol. The predicted octanol–water partition coefficient (Wildman–Crippen LogP) is 0.480. The lowest BCUT2D eigenvalue weighted by atomic mass is 9.97. The van der Waals surface area contributed by atoms with Gasteiger partial charge in [0.15, 0.2) is 0 Å². The molecule has 1 aromatic carbocycles. The zero-order valence-corrected chi connectivity index (χ0v) is 28.1. The van der Waals surface area contributed by atoms with Gasteiger partial charge in [0, 0.05) is 43.0 Å². The number of nitrogens with two attached hydrogens (primary N) is 1. The van der Waals surface area contributed by atoms with Gasteiger partial charge < -0.3 is 42.1 Å². The molecule has 9 N–H and O–H groups in total. The maximum Gasteiger partial charge on any atom is 0.243 e. The first-order chi connectivity index (χ1) is 23.0. The number of carbonyl (C=O) groups excluding carboxylic acids is 5. The number of aromatic amines is 2. The van der Waals surface area contributed by atoms with Gasteiger partial charge in [-0.3, -0.25) is 24.0 Å². The lowest BCUT2D eigenvalue weighted by Crippen LogP contribution is -2.59. The van der Waals surface area contributed by atoms with E-state index in [2.05, 4.69) is 41.2 Å². The fourth-order valence-electron chi connectivity index (χ4n) is 4.84. The van der Waals surface area contributed by atoms with Crippen LogP contribution in [-0.4, -0.2) is 90.8 Å². The second kappa shape index (κ2) is 19.1. The van der Waals surface area contributed by atoms with E-state index in [1.54, 1.807) is 24.3 Å². The summed E-state index contributed by atoms with van der Waals surface area (Å²) in [7, 11) is 0. The van der Waals surface area contributed by atoms with Gasteiger partial charge in [-0.1, -0.05) is 32.4 Å². The molecule has 0 aliphatic carbocycles. The smallest absolute Gasteiger partial charge is 0.243 e. The third-order valence-electron chi connectivity index (χ3n) is 7.88. The van der Waals surface area contributed by atoms with Gasteiger partial charge in [0.05, 0.1) is 12.7 Å². The molecular weight excluding hydrogens is 638 g/mol. The third kappa shape index (κ3) is 12.1. The molecule has 0 spiro atoms. The van der Waals surface area contributed by atoms with Crippen molar-refractivity contribution >= 4 is 41.3 Å². The van der Waals surface area contributed by atoms with E-state index >= 15 is 0 Å². The van der Waals surface area contributed by atoms with Crippen LogP contribution in [-0.2, 0) is 43.2 Å². The summed E-state index contributed by atoms with van der Waals surface area (Å²) in [5.74, 6) is -2.51. The minimum absolute atomic E-state index is 0.0280. The number of aromatic nitrogens is 4. The molecule has 0 unspecified atom stereocenters. The number of benzene rings is 1. The Kier molecular flexibility index (Phi) is 14.9. The molecule has 15 nitrogen and oxygen atoms in total. The van der Waals surface area contributed by atoms with Crippen molar-refractivity contribution in [3.63, 3.8) is 0 Å². The van der Waals surface area contributed by atoms with Gasteiger partial charge >= 0.3 is 0 Å². The number of H-pyrrole nitrogens is 2. The Bertz CT molecular complexity index is 1470. The molecule has 3 aromatic rings. The van der Waals surface area contributed by atoms with Gasteiger partial charge in [-0.15, -0.1) is 0 Å². The third-order valence-corrected chi connectivity index (χ3v) is 8.53. The van der Waals surface area contributed by atoms with Crippen LogP contribution in [0.15, 0.2) is 49.3 Å². The molecule has 0 bridgehead atoms. The number of aryl methyl sites for hydroxylation is 1. The van der Waals surface area contributed by atoms with Crippen LogP contribution in [0.1, 0.15) is 50.1 Å². The van der Waals surface area contributed by atoms with E-state index < -0.39 is 47.8 Å². The average Bonchev–Trinajstić information content (AvgIpc) is 3.79. The van der Waals surface area contributed by atoms with Crippen LogP contribution >= 0.6 is 11.8 Å². The number of carbonyl (C=O) groups is 5. The number of phenolic OH excluding ortho intramolecular Hbond substituents is 1. The second-order valence-electron chi connectivity index (χ2n) is 11.5. The van der Waals surface area contributed by atoms with Crippen LogP contribution in [0.25, 0.3) is 0 Å². The number of hydrogen-bond acceptors (Lipinski definition) is 9. The summed E-state index contributed by atoms with van der Waals surface area (Å²) < 4.78 is 0. The second-order valence-corrected chi connectivity index (χ2v) is 12.5. The van der Waals surface area contributed by atoms with E-state index in [0.29, 0.717) is 30.0 Å². The lowest BCUT2D eigenvalue weighted by molar-refractivity contribution is -0.135. The minimum Gasteiger partial charge on any atom is -0.508 e. The fraction of sp³-hybridized carbons (Fsp3) is 0.469. The Balaban J connectivity index is 1.74. The van der Waals surface area contributed by atoms with Gasteiger partial charge in [-0.2, -0.15) is 11.8 Å². The zero-order chi connectivity index (χ0) is 35.1. The standard InChI is InChI=1S/C32H45N9O6S/c1-4-19(2)28(41-27(43)10-7-20-5-8-23(42)9-6-20)32(47)40-26(14-22-16-35-18-37-22)31(46)38-24(11-12-48-3)30(45)39-25(29(33)44)13-21-15-34-17-36-21/h5-6,8-9,15-19,24-26,28,42H,4,7,10-14H2,1-3H3,(H2,33,44)(H,34,36)(H,35,37)(H,38,46)(H,39,45)(H,40,47)(H,41,43)/t19-,24-,25-,26-,28-/m0/s1. The van der Waals surface area contributed by atoms with E-state index in [1.165, 1.54) is 36.8 Å². The number of nitrogens with one attached hydrogen (secondary N) is 6. The molecule has 48 heavy (non-hydrogen) atoms. The monoisotopic (exact) mass is 683 g/mol. The van der Waals surface area contributed by atoms with E-state index in [0.717, 1.165) is 5.56 Å². The molecular formula is C32H45N9O6S. The summed E-state index contributed by atoms with van der Waals surface area (Å²) in [6.45, 7) is 3.72. The first-order valence-corrected chi connectivity index (χ1v) is 17.1. The van der Waals surface area contributed by atoms with Crippen LogP contribution in [0.2, 0.25) is 0 Å². The fourth-order valence-corrected chi connectivity index (χ4v) is 5.31. The van der Waals surface area contributed by atoms with Crippen molar-refractivity contribution in [1.29, 1.82) is 0 Å². The van der Waals surface area contributed by atoms with Crippen molar-refractivity contribution in [1.82, 2.24) is 41.2 Å². The molecule has 2 heterocycles. The molecule has 0 radical (unpaired) electrons. The zero-order valence-electron chi connectivity index (χ0n) is 27.3. The molecule has 0 saturated heterocycles. The number of thioether (sulfide) groups is 1. The lowest BCUT2D eigenvalue weighted by Gasteiger charge is -2.28. The van der Waals surface area contributed by atoms with Crippen LogP contribution in [0, 0.1) is 5.92 Å². The summed E-state index contributed by atoms with van der Waals surface area (Å²) in [6, 6.07) is 2.36. The molecule has 16 heteroatoms. The summed E-state index contributed by atoms with van der Waals surface area (Å²) in [5.41, 5.74) is 7.57. The SMILES string of the molecule is CC[C@H](C)[C@H](NC(=O)CCc1ccc(O)cc1)C(=O)N[C@@H](Cc1cnc[nH]1)C(=O)N[C@@H](CCSC)C(=O)N[C@@H](Cc1cnc[nH]1)C(N)=O. The topological polar surface area (TPSA) is 237 Å². The number of nitrogens with zero attached hydrogens (tertiary/aromatic N) is 2. The number of rotatable bonds is 20. The van der Waals surface area contributed by atoms with Crippen molar-refractivity contribution < 1.29 is 29.1 Å². The molecule has 5 amide bonds. The van der Waals surface area contributed by atoms with Crippen molar-refractivity contribution in [2.45, 2.75) is 76.5 Å². The van der Waals surface area contributed by atoms with Crippen LogP contribution in [0.5, 0.6) is 5.75 Å². The molecule has 2 aromatic heterocycles. The predicted molar refractivity (Wildman–Crippen MR) is 180 cm³/mol. The van der Waals surface area contributed by atoms with E-state index in [-0.39, 0.29) is 43.3 Å². The number of imidazole rings is 2. The summed E-state index contributed by atoms with van der Waals surface area (Å²) in [5, 5.41) is 20.5. The Morgan fingerprint density at radius 1 is 0.854 bits per heavy atom. The highest BCUT2D eigenvalue weighted by atomic mass is 32.2. The summed E-state index contributed by atoms with van der Waals surface area (Å²) in [6.07, 6.45) is 9.23. The van der Waals surface area contributed by atoms with Gasteiger partial charge in [0.25, 0.3) is 0 Å². The van der Waals surface area contributed by atoms with Gasteiger partial charge in [0.2, 0.25) is 29.5 Å². The number of hydrogen-bond donors (Lipinski definition) is 8. The number of amides is 5. The van der Waals surface area contributed by atoms with Gasteiger partial charge in [-0.25, -0.2) is 9.97 Å². The van der Waals surface area contributed by atoms with E-state index in [9.17, 15) is 29.1 Å². The molecule has 0 aliphatic heterocycles. The Morgan fingerprint density at radius 3 is 1.96 bits per heavy atom. The van der Waals surface area contributed by atoms with Crippen molar-refractivity contribution in [3.05, 3.63) is 66.3 Å². The molecule has 0 fully saturated rings. The van der Waals surface area contributed by atoms with Crippen LogP contribution in [0.3, 0.4) is 0 Å². The quantitative estimate of drug-likeness (QED) is 0.0826. The molecule has 0 saturated carbocycles. The first-order valence-electron chi connectivity index (χ1n) is 15.7. The summed E-state index contributed by atoms with van der Waals surface area (Å²) >= 11 is 1.47.